The van der Waals surface area contributed by atoms with Crippen LogP contribution in [0.1, 0.15) is 39.0 Å². The van der Waals surface area contributed by atoms with E-state index in [1.807, 2.05) is 0 Å². The van der Waals surface area contributed by atoms with E-state index in [2.05, 4.69) is 16.0 Å². The Labute approximate surface area is 186 Å². The third-order valence-corrected chi connectivity index (χ3v) is 5.26. The molecule has 1 rings (SSSR count). The first kappa shape index (κ1) is 27.3. The van der Waals surface area contributed by atoms with E-state index >= 15 is 0 Å². The number of carbonyl (C=O) groups is 5. The summed E-state index contributed by atoms with van der Waals surface area (Å²) >= 11 is 0. The molecule has 1 aliphatic rings. The lowest BCUT2D eigenvalue weighted by Crippen LogP contribution is -2.61. The SMILES string of the molecule is CC(O)[C@@H]1NC(=O)[C@@H](N)CCC(=O)NCCCC[C@@H](C(N)=O)NC(=O)[C@H](CO)N(C)C1=O. The fourth-order valence-corrected chi connectivity index (χ4v) is 3.16. The van der Waals surface area contributed by atoms with Crippen molar-refractivity contribution in [3.63, 3.8) is 0 Å². The van der Waals surface area contributed by atoms with Gasteiger partial charge in [-0.1, -0.05) is 0 Å². The van der Waals surface area contributed by atoms with E-state index in [4.69, 9.17) is 11.5 Å². The molecule has 1 aliphatic heterocycles. The number of nitrogens with zero attached hydrogens (tertiary/aromatic N) is 1. The number of nitrogens with two attached hydrogens (primary N) is 2. The third-order valence-electron chi connectivity index (χ3n) is 5.26. The number of hydrogen-bond donors (Lipinski definition) is 7. The smallest absolute Gasteiger partial charge is 0.248 e. The van der Waals surface area contributed by atoms with Gasteiger partial charge in [-0.15, -0.1) is 0 Å². The predicted molar refractivity (Wildman–Crippen MR) is 112 cm³/mol. The summed E-state index contributed by atoms with van der Waals surface area (Å²) in [6, 6.07) is -5.00. The Kier molecular flexibility index (Phi) is 11.0. The lowest BCUT2D eigenvalue weighted by atomic mass is 10.1. The topological polar surface area (TPSA) is 217 Å². The molecule has 0 radical (unpaired) electrons. The Bertz CT molecular complexity index is 702. The van der Waals surface area contributed by atoms with Crippen LogP contribution in [0, 0.1) is 0 Å². The van der Waals surface area contributed by atoms with Gasteiger partial charge < -0.3 is 42.5 Å². The van der Waals surface area contributed by atoms with Gasteiger partial charge in [0.25, 0.3) is 0 Å². The van der Waals surface area contributed by atoms with Crippen molar-refractivity contribution in [2.24, 2.45) is 11.5 Å². The molecule has 182 valence electrons. The van der Waals surface area contributed by atoms with Gasteiger partial charge in [0.1, 0.15) is 18.1 Å². The van der Waals surface area contributed by atoms with E-state index in [1.165, 1.54) is 14.0 Å². The monoisotopic (exact) mass is 458 g/mol. The van der Waals surface area contributed by atoms with Crippen LogP contribution in [0.2, 0.25) is 0 Å². The third kappa shape index (κ3) is 8.05. The van der Waals surface area contributed by atoms with Gasteiger partial charge in [-0.2, -0.15) is 0 Å². The molecule has 0 spiro atoms. The van der Waals surface area contributed by atoms with Gasteiger partial charge in [0.15, 0.2) is 0 Å². The fourth-order valence-electron chi connectivity index (χ4n) is 3.16. The van der Waals surface area contributed by atoms with E-state index in [1.54, 1.807) is 0 Å². The molecule has 0 aliphatic carbocycles. The molecule has 0 aromatic heterocycles. The number of carbonyl (C=O) groups excluding carboxylic acids is 5. The first-order valence-electron chi connectivity index (χ1n) is 10.5. The zero-order valence-electron chi connectivity index (χ0n) is 18.4. The lowest BCUT2D eigenvalue weighted by molar-refractivity contribution is -0.146. The van der Waals surface area contributed by atoms with Crippen LogP contribution in [0.4, 0.5) is 0 Å². The van der Waals surface area contributed by atoms with E-state index in [9.17, 15) is 34.2 Å². The Morgan fingerprint density at radius 1 is 1.16 bits per heavy atom. The first-order chi connectivity index (χ1) is 15.0. The summed E-state index contributed by atoms with van der Waals surface area (Å²) in [5.74, 6) is -3.54. The minimum absolute atomic E-state index is 0.0135. The summed E-state index contributed by atoms with van der Waals surface area (Å²) in [5.41, 5.74) is 11.2. The highest BCUT2D eigenvalue weighted by atomic mass is 16.3. The fraction of sp³-hybridized carbons (Fsp3) is 0.737. The molecule has 1 fully saturated rings. The van der Waals surface area contributed by atoms with Gasteiger partial charge in [0.05, 0.1) is 18.8 Å². The first-order valence-corrected chi connectivity index (χ1v) is 10.5. The Balaban J connectivity index is 3.15. The maximum atomic E-state index is 12.9. The van der Waals surface area contributed by atoms with Crippen molar-refractivity contribution in [3.05, 3.63) is 0 Å². The molecule has 5 atom stereocenters. The van der Waals surface area contributed by atoms with Crippen LogP contribution in [0.3, 0.4) is 0 Å². The summed E-state index contributed by atoms with van der Waals surface area (Å²) < 4.78 is 0. The van der Waals surface area contributed by atoms with Crippen LogP contribution in [-0.2, 0) is 24.0 Å². The van der Waals surface area contributed by atoms with E-state index < -0.39 is 60.5 Å². The second kappa shape index (κ2) is 12.9. The molecule has 9 N–H and O–H groups in total. The standard InChI is InChI=1S/C19H34N6O7/c1-10(27)15-19(32)25(2)13(9-26)18(31)23-12(16(21)29)5-3-4-8-22-14(28)7-6-11(20)17(30)24-15/h10-13,15,26-27H,3-9,20H2,1-2H3,(H2,21,29)(H,22,28)(H,23,31)(H,24,30)/t10?,11-,12-,13-,15-/m0/s1. The number of primary amides is 1. The minimum Gasteiger partial charge on any atom is -0.394 e. The Hall–Kier alpha value is -2.77. The Morgan fingerprint density at radius 2 is 1.81 bits per heavy atom. The van der Waals surface area contributed by atoms with E-state index in [-0.39, 0.29) is 25.2 Å². The number of rotatable bonds is 3. The molecule has 1 heterocycles. The average Bonchev–Trinajstić information content (AvgIpc) is 2.73. The number of amides is 5. The van der Waals surface area contributed by atoms with Crippen molar-refractivity contribution in [1.29, 1.82) is 0 Å². The number of nitrogens with one attached hydrogen (secondary N) is 3. The zero-order chi connectivity index (χ0) is 24.4. The molecule has 32 heavy (non-hydrogen) atoms. The van der Waals surface area contributed by atoms with E-state index in [0.717, 1.165) is 4.90 Å². The molecule has 0 saturated carbocycles. The lowest BCUT2D eigenvalue weighted by Gasteiger charge is -2.32. The number of likely N-dealkylation sites (N-methyl/N-ethyl adjacent to an activating group) is 1. The summed E-state index contributed by atoms with van der Waals surface area (Å²) in [6.07, 6.45) is -0.192. The average molecular weight is 459 g/mol. The van der Waals surface area contributed by atoms with Crippen LogP contribution in [0.15, 0.2) is 0 Å². The highest BCUT2D eigenvalue weighted by molar-refractivity contribution is 5.95. The second-order valence-electron chi connectivity index (χ2n) is 7.83. The van der Waals surface area contributed by atoms with Gasteiger partial charge in [-0.25, -0.2) is 0 Å². The minimum atomic E-state index is -1.46. The quantitative estimate of drug-likeness (QED) is 0.221. The van der Waals surface area contributed by atoms with Gasteiger partial charge >= 0.3 is 0 Å². The van der Waals surface area contributed by atoms with Crippen molar-refractivity contribution in [2.75, 3.05) is 20.2 Å². The number of aliphatic hydroxyl groups excluding tert-OH is 2. The van der Waals surface area contributed by atoms with Crippen LogP contribution in [-0.4, -0.2) is 95.1 Å². The zero-order valence-corrected chi connectivity index (χ0v) is 18.4. The van der Waals surface area contributed by atoms with Gasteiger partial charge in [0, 0.05) is 20.0 Å². The van der Waals surface area contributed by atoms with Crippen molar-refractivity contribution >= 4 is 29.5 Å². The molecule has 13 nitrogen and oxygen atoms in total. The molecular weight excluding hydrogens is 424 g/mol. The van der Waals surface area contributed by atoms with Crippen LogP contribution in [0.25, 0.3) is 0 Å². The highest BCUT2D eigenvalue weighted by Gasteiger charge is 2.36. The normalized spacial score (nSPS) is 28.6. The molecule has 0 aromatic rings. The Morgan fingerprint density at radius 3 is 2.38 bits per heavy atom. The largest absolute Gasteiger partial charge is 0.394 e. The van der Waals surface area contributed by atoms with Crippen LogP contribution in [0.5, 0.6) is 0 Å². The van der Waals surface area contributed by atoms with Crippen molar-refractivity contribution in [3.8, 4) is 0 Å². The summed E-state index contributed by atoms with van der Waals surface area (Å²) in [5, 5.41) is 27.1. The van der Waals surface area contributed by atoms with Gasteiger partial charge in [-0.05, 0) is 32.6 Å². The number of aliphatic hydroxyl groups is 2. The number of hydrogen-bond acceptors (Lipinski definition) is 8. The molecule has 13 heteroatoms. The molecular formula is C19H34N6O7. The second-order valence-corrected chi connectivity index (χ2v) is 7.83. The maximum absolute atomic E-state index is 12.9. The molecule has 0 bridgehead atoms. The maximum Gasteiger partial charge on any atom is 0.248 e. The van der Waals surface area contributed by atoms with Gasteiger partial charge in [-0.3, -0.25) is 24.0 Å². The van der Waals surface area contributed by atoms with Crippen LogP contribution >= 0.6 is 0 Å². The highest BCUT2D eigenvalue weighted by Crippen LogP contribution is 2.08. The summed E-state index contributed by atoms with van der Waals surface area (Å²) in [4.78, 5) is 62.4. The van der Waals surface area contributed by atoms with Crippen LogP contribution < -0.4 is 27.4 Å². The van der Waals surface area contributed by atoms with Crippen molar-refractivity contribution < 1.29 is 34.2 Å². The van der Waals surface area contributed by atoms with Crippen molar-refractivity contribution in [2.45, 2.75) is 69.3 Å². The van der Waals surface area contributed by atoms with Gasteiger partial charge in [0.2, 0.25) is 29.5 Å². The molecule has 0 aromatic carbocycles. The molecule has 1 unspecified atom stereocenters. The molecule has 5 amide bonds. The summed E-state index contributed by atoms with van der Waals surface area (Å²) in [7, 11) is 1.21. The predicted octanol–water partition coefficient (Wildman–Crippen LogP) is -3.95. The summed E-state index contributed by atoms with van der Waals surface area (Å²) in [6.45, 7) is 0.810. The van der Waals surface area contributed by atoms with Crippen molar-refractivity contribution in [1.82, 2.24) is 20.9 Å². The van der Waals surface area contributed by atoms with E-state index in [0.29, 0.717) is 19.4 Å². The molecule has 1 saturated heterocycles.